The molecule has 2 heterocycles. The van der Waals surface area contributed by atoms with Crippen LogP contribution in [-0.4, -0.2) is 60.7 Å². The van der Waals surface area contributed by atoms with Gasteiger partial charge in [-0.25, -0.2) is 9.97 Å². The first-order chi connectivity index (χ1) is 12.9. The van der Waals surface area contributed by atoms with Crippen molar-refractivity contribution in [3.63, 3.8) is 0 Å². The summed E-state index contributed by atoms with van der Waals surface area (Å²) in [5, 5.41) is 3.50. The third kappa shape index (κ3) is 5.19. The molecule has 1 aromatic heterocycles. The summed E-state index contributed by atoms with van der Waals surface area (Å²) in [5.74, 6) is 4.19. The summed E-state index contributed by atoms with van der Waals surface area (Å²) in [7, 11) is 0. The number of rotatable bonds is 8. The van der Waals surface area contributed by atoms with E-state index < -0.39 is 0 Å². The van der Waals surface area contributed by atoms with Crippen molar-refractivity contribution in [1.82, 2.24) is 20.2 Å². The minimum absolute atomic E-state index is 0.298. The predicted octanol–water partition coefficient (Wildman–Crippen LogP) is 1.40. The van der Waals surface area contributed by atoms with Gasteiger partial charge in [-0.05, 0) is 12.1 Å². The second kappa shape index (κ2) is 9.76. The van der Waals surface area contributed by atoms with Gasteiger partial charge in [0.15, 0.2) is 0 Å². The summed E-state index contributed by atoms with van der Waals surface area (Å²) >= 11 is 0. The van der Waals surface area contributed by atoms with Crippen LogP contribution in [0.15, 0.2) is 42.7 Å². The lowest BCUT2D eigenvalue weighted by molar-refractivity contribution is 0.256. The van der Waals surface area contributed by atoms with Crippen molar-refractivity contribution >= 4 is 5.95 Å². The minimum atomic E-state index is 0.298. The Kier molecular flexibility index (Phi) is 6.82. The van der Waals surface area contributed by atoms with Gasteiger partial charge < -0.3 is 15.0 Å². The average molecular weight is 351 g/mol. The Morgan fingerprint density at radius 2 is 1.85 bits per heavy atom. The first-order valence-corrected chi connectivity index (χ1v) is 8.96. The summed E-state index contributed by atoms with van der Waals surface area (Å²) < 4.78 is 5.58. The molecule has 1 saturated heterocycles. The van der Waals surface area contributed by atoms with Crippen molar-refractivity contribution < 1.29 is 4.74 Å². The number of para-hydroxylation sites is 1. The fraction of sp³-hybridized carbons (Fsp3) is 0.400. The maximum atomic E-state index is 5.58. The van der Waals surface area contributed by atoms with Crippen LogP contribution in [0.25, 0.3) is 0 Å². The van der Waals surface area contributed by atoms with Crippen molar-refractivity contribution in [2.45, 2.75) is 6.54 Å². The third-order valence-corrected chi connectivity index (χ3v) is 4.41. The van der Waals surface area contributed by atoms with E-state index in [1.165, 1.54) is 0 Å². The molecule has 1 fully saturated rings. The molecule has 1 N–H and O–H groups in total. The number of hydrogen-bond acceptors (Lipinski definition) is 6. The molecule has 0 aliphatic carbocycles. The lowest BCUT2D eigenvalue weighted by Crippen LogP contribution is -2.48. The smallest absolute Gasteiger partial charge is 0.225 e. The summed E-state index contributed by atoms with van der Waals surface area (Å²) in [5.41, 5.74) is 1.13. The number of aromatic nitrogens is 2. The molecule has 0 unspecified atom stereocenters. The zero-order valence-corrected chi connectivity index (χ0v) is 15.0. The quantitative estimate of drug-likeness (QED) is 0.573. The molecular formula is C20H25N5O. The number of anilines is 1. The van der Waals surface area contributed by atoms with Crippen LogP contribution in [-0.2, 0) is 6.54 Å². The van der Waals surface area contributed by atoms with Gasteiger partial charge in [-0.15, -0.1) is 6.42 Å². The Bertz CT molecular complexity index is 708. The van der Waals surface area contributed by atoms with Crippen LogP contribution in [0.4, 0.5) is 5.95 Å². The average Bonchev–Trinajstić information content (AvgIpc) is 2.71. The first kappa shape index (κ1) is 18.2. The molecule has 26 heavy (non-hydrogen) atoms. The molecule has 0 atom stereocenters. The van der Waals surface area contributed by atoms with E-state index in [-0.39, 0.29) is 0 Å². The van der Waals surface area contributed by atoms with Gasteiger partial charge in [-0.1, -0.05) is 24.1 Å². The molecule has 0 amide bonds. The largest absolute Gasteiger partial charge is 0.481 e. The summed E-state index contributed by atoms with van der Waals surface area (Å²) in [4.78, 5) is 13.4. The fourth-order valence-electron chi connectivity index (χ4n) is 3.00. The van der Waals surface area contributed by atoms with E-state index in [1.807, 2.05) is 24.3 Å². The monoisotopic (exact) mass is 351 g/mol. The molecule has 0 spiro atoms. The number of hydrogen-bond donors (Lipinski definition) is 1. The van der Waals surface area contributed by atoms with Gasteiger partial charge in [0.25, 0.3) is 0 Å². The Balaban J connectivity index is 1.37. The van der Waals surface area contributed by atoms with Crippen LogP contribution in [0.1, 0.15) is 5.56 Å². The van der Waals surface area contributed by atoms with Crippen LogP contribution in [0, 0.1) is 12.3 Å². The number of piperazine rings is 1. The molecule has 2 aromatic rings. The minimum Gasteiger partial charge on any atom is -0.481 e. The number of nitrogens with one attached hydrogen (secondary N) is 1. The number of nitrogens with zero attached hydrogens (tertiary/aromatic N) is 4. The molecule has 3 rings (SSSR count). The third-order valence-electron chi connectivity index (χ3n) is 4.41. The predicted molar refractivity (Wildman–Crippen MR) is 103 cm³/mol. The molecule has 136 valence electrons. The van der Waals surface area contributed by atoms with Gasteiger partial charge in [0, 0.05) is 63.8 Å². The maximum Gasteiger partial charge on any atom is 0.225 e. The van der Waals surface area contributed by atoms with Crippen molar-refractivity contribution in [2.75, 3.05) is 50.8 Å². The molecule has 6 heteroatoms. The molecule has 0 bridgehead atoms. The summed E-state index contributed by atoms with van der Waals surface area (Å²) in [6.07, 6.45) is 8.86. The topological polar surface area (TPSA) is 53.5 Å². The van der Waals surface area contributed by atoms with Gasteiger partial charge in [0.2, 0.25) is 5.95 Å². The van der Waals surface area contributed by atoms with E-state index in [0.29, 0.717) is 6.61 Å². The van der Waals surface area contributed by atoms with E-state index in [0.717, 1.165) is 63.1 Å². The molecule has 1 aliphatic rings. The van der Waals surface area contributed by atoms with Gasteiger partial charge >= 0.3 is 0 Å². The van der Waals surface area contributed by atoms with E-state index in [2.05, 4.69) is 37.1 Å². The molecule has 6 nitrogen and oxygen atoms in total. The highest BCUT2D eigenvalue weighted by atomic mass is 16.5. The fourth-order valence-corrected chi connectivity index (χ4v) is 3.00. The molecule has 0 saturated carbocycles. The van der Waals surface area contributed by atoms with Crippen molar-refractivity contribution in [1.29, 1.82) is 0 Å². The maximum absolute atomic E-state index is 5.58. The van der Waals surface area contributed by atoms with Gasteiger partial charge in [-0.3, -0.25) is 4.90 Å². The van der Waals surface area contributed by atoms with Crippen LogP contribution < -0.4 is 15.0 Å². The Hall–Kier alpha value is -2.62. The number of benzene rings is 1. The van der Waals surface area contributed by atoms with Crippen LogP contribution in [0.3, 0.4) is 0 Å². The zero-order chi connectivity index (χ0) is 18.0. The summed E-state index contributed by atoms with van der Waals surface area (Å²) in [6.45, 7) is 7.02. The van der Waals surface area contributed by atoms with Crippen LogP contribution in [0.2, 0.25) is 0 Å². The van der Waals surface area contributed by atoms with E-state index in [4.69, 9.17) is 11.2 Å². The molecule has 1 aliphatic heterocycles. The van der Waals surface area contributed by atoms with E-state index in [1.54, 1.807) is 12.4 Å². The second-order valence-electron chi connectivity index (χ2n) is 6.15. The number of terminal acetylenes is 1. The SMILES string of the molecule is C#CCOc1ccccc1CNCCN1CCN(c2ncccn2)CC1. The lowest BCUT2D eigenvalue weighted by atomic mass is 10.2. The number of ether oxygens (including phenoxy) is 1. The Labute approximate surface area is 155 Å². The van der Waals surface area contributed by atoms with Crippen molar-refractivity contribution in [3.05, 3.63) is 48.3 Å². The molecule has 0 radical (unpaired) electrons. The molecular weight excluding hydrogens is 326 g/mol. The normalized spacial score (nSPS) is 14.8. The lowest BCUT2D eigenvalue weighted by Gasteiger charge is -2.34. The van der Waals surface area contributed by atoms with Gasteiger partial charge in [0.05, 0.1) is 0 Å². The van der Waals surface area contributed by atoms with E-state index in [9.17, 15) is 0 Å². The Morgan fingerprint density at radius 3 is 2.62 bits per heavy atom. The standard InChI is InChI=1S/C20H25N5O/c1-2-16-26-19-7-4-3-6-18(19)17-21-10-11-24-12-14-25(15-13-24)20-22-8-5-9-23-20/h1,3-9,21H,10-17H2. The highest BCUT2D eigenvalue weighted by Gasteiger charge is 2.18. The second-order valence-corrected chi connectivity index (χ2v) is 6.15. The van der Waals surface area contributed by atoms with Crippen LogP contribution >= 0.6 is 0 Å². The van der Waals surface area contributed by atoms with Crippen LogP contribution in [0.5, 0.6) is 5.75 Å². The molecule has 1 aromatic carbocycles. The summed E-state index contributed by atoms with van der Waals surface area (Å²) in [6, 6.07) is 9.85. The highest BCUT2D eigenvalue weighted by Crippen LogP contribution is 2.17. The zero-order valence-electron chi connectivity index (χ0n) is 15.0. The Morgan fingerprint density at radius 1 is 1.08 bits per heavy atom. The van der Waals surface area contributed by atoms with E-state index >= 15 is 0 Å². The van der Waals surface area contributed by atoms with Gasteiger partial charge in [0.1, 0.15) is 12.4 Å². The van der Waals surface area contributed by atoms with Gasteiger partial charge in [-0.2, -0.15) is 0 Å². The first-order valence-electron chi connectivity index (χ1n) is 8.96. The van der Waals surface area contributed by atoms with Crippen molar-refractivity contribution in [3.8, 4) is 18.1 Å². The highest BCUT2D eigenvalue weighted by molar-refractivity contribution is 5.33. The van der Waals surface area contributed by atoms with Crippen molar-refractivity contribution in [2.24, 2.45) is 0 Å².